The van der Waals surface area contributed by atoms with Crippen molar-refractivity contribution in [3.05, 3.63) is 175 Å². The van der Waals surface area contributed by atoms with Crippen molar-refractivity contribution in [3.8, 4) is 39.9 Å². The molecule has 9 aromatic carbocycles. The fourth-order valence-corrected chi connectivity index (χ4v) is 10.8. The quantitative estimate of drug-likeness (QED) is 0.181. The lowest BCUT2D eigenvalue weighted by atomic mass is 9.82. The van der Waals surface area contributed by atoms with Crippen LogP contribution in [0, 0.1) is 0 Å². The average molecular weight is 752 g/mol. The number of benzene rings is 9. The maximum absolute atomic E-state index is 5.46. The summed E-state index contributed by atoms with van der Waals surface area (Å²) in [6, 6.07) is 59.7. The molecule has 13 aromatic rings. The molecule has 0 spiro atoms. The largest absolute Gasteiger partial charge is 0.308 e. The van der Waals surface area contributed by atoms with Crippen LogP contribution >= 0.6 is 0 Å². The van der Waals surface area contributed by atoms with Gasteiger partial charge in [-0.2, -0.15) is 9.97 Å². The van der Waals surface area contributed by atoms with E-state index < -0.39 is 0 Å². The molecule has 0 bridgehead atoms. The van der Waals surface area contributed by atoms with Gasteiger partial charge in [-0.15, -0.1) is 0 Å². The standard InChI is InChI=1S/C54H33N5/c1-54(2)40-15-7-5-13-36(40)37-24-21-35(29-41(37)54)52-55-51(34-19-18-30-10-3-4-11-33(30)28-34)56-53(57-52)59-44-26-22-31-12-9-17-43-46(31)48(44)49-45(59)27-23-32-20-25-39-38-14-6-8-16-42(38)58(43)50(39)47(32)49/h3-29H,1-2H3. The predicted molar refractivity (Wildman–Crippen MR) is 243 cm³/mol. The normalized spacial score (nSPS) is 13.7. The summed E-state index contributed by atoms with van der Waals surface area (Å²) in [6.45, 7) is 4.64. The molecule has 0 radical (unpaired) electrons. The van der Waals surface area contributed by atoms with Crippen LogP contribution in [0.3, 0.4) is 0 Å². The van der Waals surface area contributed by atoms with Crippen LogP contribution < -0.4 is 0 Å². The van der Waals surface area contributed by atoms with E-state index in [1.165, 1.54) is 87.3 Å². The van der Waals surface area contributed by atoms with Crippen molar-refractivity contribution in [2.45, 2.75) is 19.3 Å². The van der Waals surface area contributed by atoms with Crippen LogP contribution in [-0.4, -0.2) is 23.9 Å². The number of hydrogen-bond acceptors (Lipinski definition) is 3. The molecule has 4 heterocycles. The topological polar surface area (TPSA) is 48.0 Å². The monoisotopic (exact) mass is 751 g/mol. The van der Waals surface area contributed by atoms with Gasteiger partial charge in [0, 0.05) is 48.9 Å². The Morgan fingerprint density at radius 3 is 1.90 bits per heavy atom. The van der Waals surface area contributed by atoms with Crippen LogP contribution in [0.2, 0.25) is 0 Å². The van der Waals surface area contributed by atoms with Gasteiger partial charge in [0.15, 0.2) is 11.6 Å². The number of fused-ring (bicyclic) bond motifs is 8. The van der Waals surface area contributed by atoms with Gasteiger partial charge < -0.3 is 4.40 Å². The van der Waals surface area contributed by atoms with E-state index in [0.29, 0.717) is 17.6 Å². The van der Waals surface area contributed by atoms with Gasteiger partial charge in [0.2, 0.25) is 5.95 Å². The van der Waals surface area contributed by atoms with Crippen LogP contribution in [-0.2, 0) is 5.41 Å². The second kappa shape index (κ2) is 10.9. The van der Waals surface area contributed by atoms with Crippen LogP contribution in [0.25, 0.3) is 121 Å². The molecule has 1 aliphatic carbocycles. The Hall–Kier alpha value is -7.63. The molecule has 4 aromatic heterocycles. The van der Waals surface area contributed by atoms with Crippen molar-refractivity contribution in [2.24, 2.45) is 0 Å². The Balaban J connectivity index is 1.11. The zero-order chi connectivity index (χ0) is 38.7. The lowest BCUT2D eigenvalue weighted by Gasteiger charge is -2.21. The molecule has 0 atom stereocenters. The first-order valence-electron chi connectivity index (χ1n) is 20.4. The summed E-state index contributed by atoms with van der Waals surface area (Å²) < 4.78 is 4.80. The molecule has 0 fully saturated rings. The Bertz CT molecular complexity index is 3940. The SMILES string of the molecule is CC1(C)c2ccccc2-c2ccc(-c3nc(-c4ccc5ccccc5c4)nc(-n4c5ccc6cccc7c6c5c5c6c(ccc8c9ccccc9n7c86)ccc54)n3)cc21. The van der Waals surface area contributed by atoms with E-state index in [0.717, 1.165) is 27.5 Å². The molecule has 14 rings (SSSR count). The maximum Gasteiger partial charge on any atom is 0.238 e. The fraction of sp³-hybridized carbons (Fsp3) is 0.0556. The van der Waals surface area contributed by atoms with Crippen molar-refractivity contribution >= 4 is 81.4 Å². The molecule has 59 heavy (non-hydrogen) atoms. The first-order valence-corrected chi connectivity index (χ1v) is 20.4. The number of hydrogen-bond donors (Lipinski definition) is 0. The van der Waals surface area contributed by atoms with E-state index in [1.54, 1.807) is 0 Å². The first kappa shape index (κ1) is 31.5. The van der Waals surface area contributed by atoms with Crippen LogP contribution in [0.4, 0.5) is 0 Å². The van der Waals surface area contributed by atoms with Crippen molar-refractivity contribution in [3.63, 3.8) is 0 Å². The van der Waals surface area contributed by atoms with Gasteiger partial charge in [-0.3, -0.25) is 4.57 Å². The molecule has 0 saturated carbocycles. The molecular weight excluding hydrogens is 719 g/mol. The minimum Gasteiger partial charge on any atom is -0.308 e. The maximum atomic E-state index is 5.46. The van der Waals surface area contributed by atoms with Crippen LogP contribution in [0.15, 0.2) is 164 Å². The first-order chi connectivity index (χ1) is 29.0. The smallest absolute Gasteiger partial charge is 0.238 e. The van der Waals surface area contributed by atoms with Gasteiger partial charge >= 0.3 is 0 Å². The lowest BCUT2D eigenvalue weighted by Crippen LogP contribution is -2.15. The molecule has 0 amide bonds. The third-order valence-corrected chi connectivity index (χ3v) is 13.4. The number of rotatable bonds is 3. The van der Waals surface area contributed by atoms with Gasteiger partial charge in [0.25, 0.3) is 0 Å². The molecular formula is C54H33N5. The summed E-state index contributed by atoms with van der Waals surface area (Å²) in [5.74, 6) is 1.90. The molecule has 0 unspecified atom stereocenters. The molecule has 1 aliphatic rings. The minimum absolute atomic E-state index is 0.160. The summed E-state index contributed by atoms with van der Waals surface area (Å²) in [5.41, 5.74) is 12.8. The summed E-state index contributed by atoms with van der Waals surface area (Å²) in [6.07, 6.45) is 0. The van der Waals surface area contributed by atoms with Crippen molar-refractivity contribution in [2.75, 3.05) is 0 Å². The number of aromatic nitrogens is 5. The van der Waals surface area contributed by atoms with Crippen molar-refractivity contribution < 1.29 is 0 Å². The van der Waals surface area contributed by atoms with Gasteiger partial charge in [0.05, 0.1) is 27.6 Å². The Morgan fingerprint density at radius 1 is 0.407 bits per heavy atom. The summed E-state index contributed by atoms with van der Waals surface area (Å²) in [5, 5.41) is 12.2. The van der Waals surface area contributed by atoms with Crippen molar-refractivity contribution in [1.29, 1.82) is 0 Å². The highest BCUT2D eigenvalue weighted by atomic mass is 15.2. The third-order valence-electron chi connectivity index (χ3n) is 13.4. The number of nitrogens with zero attached hydrogens (tertiary/aromatic N) is 5. The van der Waals surface area contributed by atoms with E-state index in [4.69, 9.17) is 15.0 Å². The highest BCUT2D eigenvalue weighted by molar-refractivity contribution is 6.37. The van der Waals surface area contributed by atoms with E-state index in [1.807, 2.05) is 0 Å². The highest BCUT2D eigenvalue weighted by Crippen LogP contribution is 2.50. The summed E-state index contributed by atoms with van der Waals surface area (Å²) >= 11 is 0. The summed E-state index contributed by atoms with van der Waals surface area (Å²) in [4.78, 5) is 16.2. The van der Waals surface area contributed by atoms with E-state index >= 15 is 0 Å². The second-order valence-electron chi connectivity index (χ2n) is 16.8. The van der Waals surface area contributed by atoms with Gasteiger partial charge in [-0.25, -0.2) is 4.98 Å². The second-order valence-corrected chi connectivity index (χ2v) is 16.8. The Kier molecular flexibility index (Phi) is 5.78. The lowest BCUT2D eigenvalue weighted by molar-refractivity contribution is 0.660. The molecule has 0 saturated heterocycles. The fourth-order valence-electron chi connectivity index (χ4n) is 10.8. The van der Waals surface area contributed by atoms with Gasteiger partial charge in [-0.1, -0.05) is 141 Å². The van der Waals surface area contributed by atoms with Gasteiger partial charge in [0.1, 0.15) is 0 Å². The molecule has 0 N–H and O–H groups in total. The zero-order valence-electron chi connectivity index (χ0n) is 32.3. The molecule has 5 nitrogen and oxygen atoms in total. The van der Waals surface area contributed by atoms with E-state index in [2.05, 4.69) is 187 Å². The van der Waals surface area contributed by atoms with Crippen molar-refractivity contribution in [1.82, 2.24) is 23.9 Å². The average Bonchev–Trinajstić information content (AvgIpc) is 3.85. The van der Waals surface area contributed by atoms with E-state index in [9.17, 15) is 0 Å². The van der Waals surface area contributed by atoms with Crippen LogP contribution in [0.5, 0.6) is 0 Å². The minimum atomic E-state index is -0.160. The molecule has 274 valence electrons. The summed E-state index contributed by atoms with van der Waals surface area (Å²) in [7, 11) is 0. The van der Waals surface area contributed by atoms with Crippen LogP contribution in [0.1, 0.15) is 25.0 Å². The highest BCUT2D eigenvalue weighted by Gasteiger charge is 2.35. The van der Waals surface area contributed by atoms with E-state index in [-0.39, 0.29) is 5.41 Å². The van der Waals surface area contributed by atoms with Gasteiger partial charge in [-0.05, 0) is 80.2 Å². The molecule has 0 aliphatic heterocycles. The third kappa shape index (κ3) is 3.97. The Morgan fingerprint density at radius 2 is 1.03 bits per heavy atom. The number of para-hydroxylation sites is 1. The zero-order valence-corrected chi connectivity index (χ0v) is 32.3. The Labute approximate surface area is 338 Å². The predicted octanol–water partition coefficient (Wildman–Crippen LogP) is 13.5. The molecule has 5 heteroatoms.